The van der Waals surface area contributed by atoms with Gasteiger partial charge >= 0.3 is 0 Å². The molecule has 2 aromatic carbocycles. The zero-order valence-corrected chi connectivity index (χ0v) is 13.2. The first-order valence-electron chi connectivity index (χ1n) is 6.59. The fraction of sp³-hybridized carbons (Fsp3) is 0.188. The number of thioether (sulfide) groups is 1. The highest BCUT2D eigenvalue weighted by molar-refractivity contribution is 8.00. The molecule has 0 aliphatic rings. The van der Waals surface area contributed by atoms with E-state index in [1.807, 2.05) is 55.5 Å². The summed E-state index contributed by atoms with van der Waals surface area (Å²) < 4.78 is 0. The third kappa shape index (κ3) is 4.41. The summed E-state index contributed by atoms with van der Waals surface area (Å²) in [5.74, 6) is 0.277. The van der Waals surface area contributed by atoms with Gasteiger partial charge in [-0.15, -0.1) is 11.8 Å². The molecule has 1 atom stereocenters. The SMILES string of the molecule is CC(NC(=O)CSc1ccccc1N)c1ccccc1Cl. The Bertz CT molecular complexity index is 633. The Kier molecular flexibility index (Phi) is 5.53. The van der Waals surface area contributed by atoms with Crippen LogP contribution in [0.15, 0.2) is 53.4 Å². The number of rotatable bonds is 5. The Hall–Kier alpha value is -1.65. The molecule has 0 radical (unpaired) electrons. The van der Waals surface area contributed by atoms with Crippen molar-refractivity contribution in [2.24, 2.45) is 0 Å². The van der Waals surface area contributed by atoms with Crippen LogP contribution in [0, 0.1) is 0 Å². The highest BCUT2D eigenvalue weighted by atomic mass is 35.5. The minimum absolute atomic E-state index is 0.0457. The molecular weight excluding hydrogens is 304 g/mol. The van der Waals surface area contributed by atoms with Gasteiger partial charge in [-0.1, -0.05) is 41.9 Å². The summed E-state index contributed by atoms with van der Waals surface area (Å²) in [6, 6.07) is 14.9. The van der Waals surface area contributed by atoms with Gasteiger partial charge in [0.2, 0.25) is 5.91 Å². The smallest absolute Gasteiger partial charge is 0.230 e. The number of carbonyl (C=O) groups is 1. The van der Waals surface area contributed by atoms with E-state index in [1.54, 1.807) is 0 Å². The van der Waals surface area contributed by atoms with Crippen molar-refractivity contribution in [3.63, 3.8) is 0 Å². The maximum Gasteiger partial charge on any atom is 0.230 e. The van der Waals surface area contributed by atoms with Crippen LogP contribution >= 0.6 is 23.4 Å². The number of hydrogen-bond acceptors (Lipinski definition) is 3. The fourth-order valence-electron chi connectivity index (χ4n) is 1.94. The molecule has 0 fully saturated rings. The number of hydrogen-bond donors (Lipinski definition) is 2. The quantitative estimate of drug-likeness (QED) is 0.649. The molecule has 21 heavy (non-hydrogen) atoms. The van der Waals surface area contributed by atoms with Gasteiger partial charge in [0.15, 0.2) is 0 Å². The zero-order valence-electron chi connectivity index (χ0n) is 11.7. The standard InChI is InChI=1S/C16H17ClN2OS/c1-11(12-6-2-3-7-13(12)17)19-16(20)10-21-15-9-5-4-8-14(15)18/h2-9,11H,10,18H2,1H3,(H,19,20). The Morgan fingerprint density at radius 1 is 1.24 bits per heavy atom. The molecule has 3 nitrogen and oxygen atoms in total. The van der Waals surface area contributed by atoms with Crippen LogP contribution in [0.4, 0.5) is 5.69 Å². The van der Waals surface area contributed by atoms with Crippen molar-refractivity contribution in [2.45, 2.75) is 17.9 Å². The van der Waals surface area contributed by atoms with Gasteiger partial charge in [-0.05, 0) is 30.7 Å². The monoisotopic (exact) mass is 320 g/mol. The summed E-state index contributed by atoms with van der Waals surface area (Å²) in [7, 11) is 0. The highest BCUT2D eigenvalue weighted by Gasteiger charge is 2.12. The lowest BCUT2D eigenvalue weighted by atomic mass is 10.1. The third-order valence-electron chi connectivity index (χ3n) is 3.03. The average Bonchev–Trinajstić information content (AvgIpc) is 2.46. The molecular formula is C16H17ClN2OS. The van der Waals surface area contributed by atoms with E-state index in [-0.39, 0.29) is 11.9 Å². The minimum atomic E-state index is -0.125. The van der Waals surface area contributed by atoms with Crippen molar-refractivity contribution >= 4 is 35.0 Å². The maximum absolute atomic E-state index is 12.0. The second-order valence-corrected chi connectivity index (χ2v) is 6.06. The van der Waals surface area contributed by atoms with E-state index in [9.17, 15) is 4.79 Å². The van der Waals surface area contributed by atoms with E-state index >= 15 is 0 Å². The lowest BCUT2D eigenvalue weighted by molar-refractivity contribution is -0.119. The molecule has 1 amide bonds. The number of carbonyl (C=O) groups excluding carboxylic acids is 1. The average molecular weight is 321 g/mol. The second-order valence-electron chi connectivity index (χ2n) is 4.64. The minimum Gasteiger partial charge on any atom is -0.398 e. The van der Waals surface area contributed by atoms with Crippen LogP contribution in [0.1, 0.15) is 18.5 Å². The molecule has 0 heterocycles. The summed E-state index contributed by atoms with van der Waals surface area (Å²) in [4.78, 5) is 12.9. The van der Waals surface area contributed by atoms with Crippen molar-refractivity contribution in [3.05, 3.63) is 59.1 Å². The molecule has 0 saturated heterocycles. The number of nitrogens with one attached hydrogen (secondary N) is 1. The molecule has 0 spiro atoms. The first kappa shape index (κ1) is 15.7. The molecule has 1 unspecified atom stereocenters. The number of amides is 1. The van der Waals surface area contributed by atoms with Gasteiger partial charge < -0.3 is 11.1 Å². The Balaban J connectivity index is 1.90. The van der Waals surface area contributed by atoms with Crippen LogP contribution < -0.4 is 11.1 Å². The van der Waals surface area contributed by atoms with E-state index in [4.69, 9.17) is 17.3 Å². The van der Waals surface area contributed by atoms with Gasteiger partial charge in [0, 0.05) is 15.6 Å². The number of benzene rings is 2. The van der Waals surface area contributed by atoms with Crippen LogP contribution in [0.3, 0.4) is 0 Å². The number of nitrogen functional groups attached to an aromatic ring is 1. The van der Waals surface area contributed by atoms with Crippen molar-refractivity contribution < 1.29 is 4.79 Å². The summed E-state index contributed by atoms with van der Waals surface area (Å²) in [5.41, 5.74) is 7.45. The number of nitrogens with two attached hydrogens (primary N) is 1. The summed E-state index contributed by atoms with van der Waals surface area (Å²) in [6.45, 7) is 1.92. The van der Waals surface area contributed by atoms with E-state index < -0.39 is 0 Å². The van der Waals surface area contributed by atoms with Gasteiger partial charge in [-0.3, -0.25) is 4.79 Å². The fourth-order valence-corrected chi connectivity index (χ4v) is 3.02. The lowest BCUT2D eigenvalue weighted by Gasteiger charge is -2.15. The Labute approximate surface area is 133 Å². The van der Waals surface area contributed by atoms with Gasteiger partial charge in [-0.25, -0.2) is 0 Å². The molecule has 0 aliphatic carbocycles. The highest BCUT2D eigenvalue weighted by Crippen LogP contribution is 2.25. The molecule has 0 aliphatic heterocycles. The summed E-state index contributed by atoms with van der Waals surface area (Å²) in [6.07, 6.45) is 0. The van der Waals surface area contributed by atoms with E-state index in [2.05, 4.69) is 5.32 Å². The molecule has 0 bridgehead atoms. The van der Waals surface area contributed by atoms with Crippen LogP contribution in [0.5, 0.6) is 0 Å². The summed E-state index contributed by atoms with van der Waals surface area (Å²) >= 11 is 7.55. The first-order chi connectivity index (χ1) is 10.1. The van der Waals surface area contributed by atoms with Crippen molar-refractivity contribution in [1.82, 2.24) is 5.32 Å². The normalized spacial score (nSPS) is 11.9. The third-order valence-corrected chi connectivity index (χ3v) is 4.46. The predicted octanol–water partition coefficient (Wildman–Crippen LogP) is 3.89. The van der Waals surface area contributed by atoms with Gasteiger partial charge in [0.25, 0.3) is 0 Å². The van der Waals surface area contributed by atoms with E-state index in [1.165, 1.54) is 11.8 Å². The number of halogens is 1. The largest absolute Gasteiger partial charge is 0.398 e. The maximum atomic E-state index is 12.0. The van der Waals surface area contributed by atoms with Crippen molar-refractivity contribution in [2.75, 3.05) is 11.5 Å². The van der Waals surface area contributed by atoms with Crippen LogP contribution in [-0.2, 0) is 4.79 Å². The van der Waals surface area contributed by atoms with Gasteiger partial charge in [0.1, 0.15) is 0 Å². The number of para-hydroxylation sites is 1. The zero-order chi connectivity index (χ0) is 15.2. The van der Waals surface area contributed by atoms with Crippen LogP contribution in [-0.4, -0.2) is 11.7 Å². The second kappa shape index (κ2) is 7.38. The van der Waals surface area contributed by atoms with Crippen LogP contribution in [0.2, 0.25) is 5.02 Å². The molecule has 110 valence electrons. The molecule has 0 saturated carbocycles. The van der Waals surface area contributed by atoms with Crippen molar-refractivity contribution in [1.29, 1.82) is 0 Å². The molecule has 0 aromatic heterocycles. The predicted molar refractivity (Wildman–Crippen MR) is 89.6 cm³/mol. The van der Waals surface area contributed by atoms with Crippen molar-refractivity contribution in [3.8, 4) is 0 Å². The first-order valence-corrected chi connectivity index (χ1v) is 7.95. The van der Waals surface area contributed by atoms with E-state index in [0.717, 1.165) is 10.5 Å². The number of anilines is 1. The van der Waals surface area contributed by atoms with Gasteiger partial charge in [0.05, 0.1) is 11.8 Å². The van der Waals surface area contributed by atoms with Gasteiger partial charge in [-0.2, -0.15) is 0 Å². The Morgan fingerprint density at radius 3 is 2.62 bits per heavy atom. The molecule has 3 N–H and O–H groups in total. The summed E-state index contributed by atoms with van der Waals surface area (Å²) in [5, 5.41) is 3.60. The molecule has 2 aromatic rings. The lowest BCUT2D eigenvalue weighted by Crippen LogP contribution is -2.28. The molecule has 5 heteroatoms. The Morgan fingerprint density at radius 2 is 1.90 bits per heavy atom. The van der Waals surface area contributed by atoms with Crippen LogP contribution in [0.25, 0.3) is 0 Å². The molecule has 2 rings (SSSR count). The topological polar surface area (TPSA) is 55.1 Å². The van der Waals surface area contributed by atoms with E-state index in [0.29, 0.717) is 16.5 Å².